The van der Waals surface area contributed by atoms with E-state index in [0.29, 0.717) is 10.8 Å². The molecule has 1 amide bonds. The highest BCUT2D eigenvalue weighted by Crippen LogP contribution is 2.37. The average Bonchev–Trinajstić information content (AvgIpc) is 2.71. The molecule has 0 radical (unpaired) electrons. The molecule has 1 aliphatic rings. The van der Waals surface area contributed by atoms with Gasteiger partial charge in [-0.2, -0.15) is 0 Å². The van der Waals surface area contributed by atoms with E-state index < -0.39 is 0 Å². The highest BCUT2D eigenvalue weighted by molar-refractivity contribution is 8.00. The molecule has 0 bridgehead atoms. The summed E-state index contributed by atoms with van der Waals surface area (Å²) in [5.41, 5.74) is 5.50. The Labute approximate surface area is 174 Å². The molecule has 1 heterocycles. The van der Waals surface area contributed by atoms with Gasteiger partial charge in [0, 0.05) is 26.7 Å². The standard InChI is InChI=1S/C23H23ClN2OS/c1-2-15-7-3-5-9-19(15)26-22(27)14-28-23-17-8-4-6-10-20(17)25-21-12-11-16(24)13-18(21)23/h3,5,7,9,11-13H,2,4,6,8,10,14H2,1H3,(H,26,27). The fourth-order valence-electron chi connectivity index (χ4n) is 3.79. The summed E-state index contributed by atoms with van der Waals surface area (Å²) in [7, 11) is 0. The van der Waals surface area contributed by atoms with Gasteiger partial charge in [0.2, 0.25) is 5.91 Å². The molecule has 1 aromatic heterocycles. The zero-order chi connectivity index (χ0) is 19.5. The van der Waals surface area contributed by atoms with Crippen LogP contribution in [0.25, 0.3) is 10.9 Å². The fraction of sp³-hybridized carbons (Fsp3) is 0.304. The van der Waals surface area contributed by atoms with Gasteiger partial charge < -0.3 is 5.32 Å². The SMILES string of the molecule is CCc1ccccc1NC(=O)CSc1c2c(nc3ccc(Cl)cc13)CCCC2. The van der Waals surface area contributed by atoms with E-state index in [4.69, 9.17) is 16.6 Å². The van der Waals surface area contributed by atoms with Crippen molar-refractivity contribution in [2.45, 2.75) is 43.9 Å². The van der Waals surface area contributed by atoms with Gasteiger partial charge in [0.05, 0.1) is 11.3 Å². The molecule has 5 heteroatoms. The molecule has 0 saturated heterocycles. The molecule has 0 spiro atoms. The number of para-hydroxylation sites is 1. The van der Waals surface area contributed by atoms with Crippen molar-refractivity contribution in [2.75, 3.05) is 11.1 Å². The van der Waals surface area contributed by atoms with Crippen molar-refractivity contribution < 1.29 is 4.79 Å². The highest BCUT2D eigenvalue weighted by atomic mass is 35.5. The third kappa shape index (κ3) is 4.03. The Kier molecular flexibility index (Phi) is 5.88. The summed E-state index contributed by atoms with van der Waals surface area (Å²) in [6.07, 6.45) is 5.28. The summed E-state index contributed by atoms with van der Waals surface area (Å²) in [5, 5.41) is 4.83. The van der Waals surface area contributed by atoms with Crippen molar-refractivity contribution in [1.82, 2.24) is 4.98 Å². The molecule has 3 nitrogen and oxygen atoms in total. The number of thioether (sulfide) groups is 1. The first kappa shape index (κ1) is 19.3. The molecule has 144 valence electrons. The van der Waals surface area contributed by atoms with Crippen LogP contribution in [-0.2, 0) is 24.1 Å². The zero-order valence-corrected chi connectivity index (χ0v) is 17.5. The van der Waals surface area contributed by atoms with Crippen molar-refractivity contribution in [2.24, 2.45) is 0 Å². The normalized spacial score (nSPS) is 13.4. The van der Waals surface area contributed by atoms with Crippen LogP contribution < -0.4 is 5.32 Å². The third-order valence-electron chi connectivity index (χ3n) is 5.19. The molecular weight excluding hydrogens is 388 g/mol. The smallest absolute Gasteiger partial charge is 0.234 e. The van der Waals surface area contributed by atoms with Crippen molar-refractivity contribution in [3.63, 3.8) is 0 Å². The first-order valence-corrected chi connectivity index (χ1v) is 11.1. The maximum atomic E-state index is 12.7. The number of carbonyl (C=O) groups excluding carboxylic acids is 1. The lowest BCUT2D eigenvalue weighted by molar-refractivity contribution is -0.113. The van der Waals surface area contributed by atoms with Crippen LogP contribution in [-0.4, -0.2) is 16.6 Å². The number of nitrogens with one attached hydrogen (secondary N) is 1. The summed E-state index contributed by atoms with van der Waals surface area (Å²) in [5.74, 6) is 0.387. The van der Waals surface area contributed by atoms with E-state index >= 15 is 0 Å². The number of amides is 1. The second-order valence-electron chi connectivity index (χ2n) is 7.08. The molecule has 0 atom stereocenters. The maximum absolute atomic E-state index is 12.7. The number of anilines is 1. The minimum atomic E-state index is 0.0162. The van der Waals surface area contributed by atoms with Crippen LogP contribution >= 0.6 is 23.4 Å². The third-order valence-corrected chi connectivity index (χ3v) is 6.59. The number of fused-ring (bicyclic) bond motifs is 2. The Morgan fingerprint density at radius 1 is 1.18 bits per heavy atom. The highest BCUT2D eigenvalue weighted by Gasteiger charge is 2.19. The van der Waals surface area contributed by atoms with Gasteiger partial charge in [-0.25, -0.2) is 0 Å². The molecule has 0 fully saturated rings. The number of aromatic nitrogens is 1. The molecular formula is C23H23ClN2OS. The molecule has 3 aromatic rings. The maximum Gasteiger partial charge on any atom is 0.234 e. The Morgan fingerprint density at radius 2 is 2.00 bits per heavy atom. The average molecular weight is 411 g/mol. The number of rotatable bonds is 5. The van der Waals surface area contributed by atoms with Crippen molar-refractivity contribution in [3.8, 4) is 0 Å². The first-order valence-electron chi connectivity index (χ1n) is 9.77. The largest absolute Gasteiger partial charge is 0.325 e. The van der Waals surface area contributed by atoms with Gasteiger partial charge in [0.1, 0.15) is 0 Å². The molecule has 0 unspecified atom stereocenters. The number of carbonyl (C=O) groups is 1. The number of hydrogen-bond acceptors (Lipinski definition) is 3. The lowest BCUT2D eigenvalue weighted by atomic mass is 9.94. The van der Waals surface area contributed by atoms with Gasteiger partial charge in [-0.05, 0) is 67.5 Å². The molecule has 2 aromatic carbocycles. The van der Waals surface area contributed by atoms with E-state index in [-0.39, 0.29) is 5.91 Å². The lowest BCUT2D eigenvalue weighted by Gasteiger charge is -2.20. The number of pyridine rings is 1. The number of benzene rings is 2. The Morgan fingerprint density at radius 3 is 2.86 bits per heavy atom. The van der Waals surface area contributed by atoms with Crippen molar-refractivity contribution in [1.29, 1.82) is 0 Å². The van der Waals surface area contributed by atoms with Crippen LogP contribution in [0.2, 0.25) is 5.02 Å². The summed E-state index contributed by atoms with van der Waals surface area (Å²) >= 11 is 7.86. The summed E-state index contributed by atoms with van der Waals surface area (Å²) in [4.78, 5) is 18.7. The van der Waals surface area contributed by atoms with Gasteiger partial charge in [-0.3, -0.25) is 9.78 Å². The van der Waals surface area contributed by atoms with Crippen LogP contribution in [0.5, 0.6) is 0 Å². The summed E-state index contributed by atoms with van der Waals surface area (Å²) in [6.45, 7) is 2.10. The first-order chi connectivity index (χ1) is 13.7. The van der Waals surface area contributed by atoms with E-state index in [2.05, 4.69) is 18.3 Å². The zero-order valence-electron chi connectivity index (χ0n) is 15.9. The summed E-state index contributed by atoms with van der Waals surface area (Å²) < 4.78 is 0. The Hall–Kier alpha value is -2.04. The molecule has 4 rings (SSSR count). The van der Waals surface area contributed by atoms with E-state index in [1.165, 1.54) is 29.0 Å². The van der Waals surface area contributed by atoms with Gasteiger partial charge >= 0.3 is 0 Å². The van der Waals surface area contributed by atoms with Gasteiger partial charge in [-0.15, -0.1) is 11.8 Å². The van der Waals surface area contributed by atoms with Gasteiger partial charge in [-0.1, -0.05) is 36.7 Å². The van der Waals surface area contributed by atoms with Crippen LogP contribution in [0.3, 0.4) is 0 Å². The predicted molar refractivity (Wildman–Crippen MR) is 119 cm³/mol. The predicted octanol–water partition coefficient (Wildman–Crippen LogP) is 6.06. The van der Waals surface area contributed by atoms with E-state index in [9.17, 15) is 4.79 Å². The number of aryl methyl sites for hydroxylation is 2. The number of nitrogens with zero attached hydrogens (tertiary/aromatic N) is 1. The van der Waals surface area contributed by atoms with Crippen molar-refractivity contribution in [3.05, 3.63) is 64.3 Å². The second-order valence-corrected chi connectivity index (χ2v) is 8.50. The minimum Gasteiger partial charge on any atom is -0.325 e. The molecule has 1 N–H and O–H groups in total. The van der Waals surface area contributed by atoms with Crippen molar-refractivity contribution >= 4 is 45.9 Å². The topological polar surface area (TPSA) is 42.0 Å². The van der Waals surface area contributed by atoms with Gasteiger partial charge in [0.25, 0.3) is 0 Å². The van der Waals surface area contributed by atoms with E-state index in [0.717, 1.165) is 41.4 Å². The molecule has 0 saturated carbocycles. The van der Waals surface area contributed by atoms with Crippen LogP contribution in [0.1, 0.15) is 36.6 Å². The lowest BCUT2D eigenvalue weighted by Crippen LogP contribution is -2.16. The number of halogens is 1. The van der Waals surface area contributed by atoms with Crippen LogP contribution in [0.15, 0.2) is 47.4 Å². The molecule has 0 aliphatic heterocycles. The van der Waals surface area contributed by atoms with Gasteiger partial charge in [0.15, 0.2) is 0 Å². The Bertz CT molecular complexity index is 1030. The van der Waals surface area contributed by atoms with E-state index in [1.807, 2.05) is 36.4 Å². The summed E-state index contributed by atoms with van der Waals surface area (Å²) in [6, 6.07) is 13.8. The van der Waals surface area contributed by atoms with Crippen LogP contribution in [0, 0.1) is 0 Å². The minimum absolute atomic E-state index is 0.0162. The molecule has 1 aliphatic carbocycles. The Balaban J connectivity index is 1.60. The number of hydrogen-bond donors (Lipinski definition) is 1. The quantitative estimate of drug-likeness (QED) is 0.520. The molecule has 28 heavy (non-hydrogen) atoms. The van der Waals surface area contributed by atoms with E-state index in [1.54, 1.807) is 11.8 Å². The van der Waals surface area contributed by atoms with Crippen LogP contribution in [0.4, 0.5) is 5.69 Å². The second kappa shape index (κ2) is 8.54. The monoisotopic (exact) mass is 410 g/mol. The fourth-order valence-corrected chi connectivity index (χ4v) is 5.03.